The standard InChI is InChI=1S/C19H16F3NO3/c1-11-8-13(26-2)9-14-16(11)23(12-6-4-3-5-7-12)10-15(17(14)24)18(25)19(20,21)22/h3-9,24H,10H2,1-2H3. The first-order valence-corrected chi connectivity index (χ1v) is 7.79. The molecule has 4 nitrogen and oxygen atoms in total. The molecule has 0 unspecified atom stereocenters. The van der Waals surface area contributed by atoms with Crippen molar-refractivity contribution in [2.45, 2.75) is 13.1 Å². The summed E-state index contributed by atoms with van der Waals surface area (Å²) in [7, 11) is 1.42. The number of aryl methyl sites for hydroxylation is 1. The van der Waals surface area contributed by atoms with Crippen molar-refractivity contribution in [3.63, 3.8) is 0 Å². The molecular weight excluding hydrogens is 347 g/mol. The third-order valence-electron chi connectivity index (χ3n) is 4.24. The third kappa shape index (κ3) is 3.00. The second-order valence-corrected chi connectivity index (χ2v) is 5.92. The topological polar surface area (TPSA) is 49.8 Å². The molecule has 136 valence electrons. The van der Waals surface area contributed by atoms with Crippen molar-refractivity contribution >= 4 is 22.9 Å². The van der Waals surface area contributed by atoms with Gasteiger partial charge in [-0.1, -0.05) is 18.2 Å². The first-order valence-electron chi connectivity index (χ1n) is 7.79. The Morgan fingerprint density at radius 1 is 1.19 bits per heavy atom. The van der Waals surface area contributed by atoms with E-state index >= 15 is 0 Å². The molecule has 0 fully saturated rings. The number of alkyl halides is 3. The maximum Gasteiger partial charge on any atom is 0.454 e. The number of carbonyl (C=O) groups excluding carboxylic acids is 1. The van der Waals surface area contributed by atoms with Crippen molar-refractivity contribution in [1.29, 1.82) is 0 Å². The molecule has 0 aromatic heterocycles. The Hall–Kier alpha value is -2.96. The molecule has 0 aliphatic carbocycles. The van der Waals surface area contributed by atoms with Gasteiger partial charge in [0.15, 0.2) is 0 Å². The summed E-state index contributed by atoms with van der Waals surface area (Å²) in [5, 5.41) is 10.4. The molecule has 0 bridgehead atoms. The van der Waals surface area contributed by atoms with Gasteiger partial charge in [0.25, 0.3) is 5.78 Å². The fraction of sp³-hybridized carbons (Fsp3) is 0.211. The van der Waals surface area contributed by atoms with Crippen LogP contribution in [0.3, 0.4) is 0 Å². The van der Waals surface area contributed by atoms with Gasteiger partial charge in [0, 0.05) is 11.3 Å². The lowest BCUT2D eigenvalue weighted by atomic mass is 9.94. The minimum absolute atomic E-state index is 0.129. The van der Waals surface area contributed by atoms with E-state index in [2.05, 4.69) is 0 Å². The number of ether oxygens (including phenoxy) is 1. The van der Waals surface area contributed by atoms with Gasteiger partial charge in [-0.3, -0.25) is 4.79 Å². The summed E-state index contributed by atoms with van der Waals surface area (Å²) >= 11 is 0. The quantitative estimate of drug-likeness (QED) is 0.869. The molecule has 1 N–H and O–H groups in total. The van der Waals surface area contributed by atoms with Crippen molar-refractivity contribution in [3.8, 4) is 5.75 Å². The summed E-state index contributed by atoms with van der Waals surface area (Å²) in [6.45, 7) is 1.38. The van der Waals surface area contributed by atoms with Gasteiger partial charge in [-0.05, 0) is 36.8 Å². The van der Waals surface area contributed by atoms with Crippen molar-refractivity contribution in [2.24, 2.45) is 0 Å². The predicted molar refractivity (Wildman–Crippen MR) is 91.8 cm³/mol. The summed E-state index contributed by atoms with van der Waals surface area (Å²) in [5.41, 5.74) is 1.29. The highest BCUT2D eigenvalue weighted by Gasteiger charge is 2.44. The van der Waals surface area contributed by atoms with E-state index in [1.165, 1.54) is 13.2 Å². The SMILES string of the molecule is COc1cc(C)c2c(c1)C(O)=C(C(=O)C(F)(F)F)CN2c1ccccc1. The molecular formula is C19H16F3NO3. The highest BCUT2D eigenvalue weighted by Crippen LogP contribution is 2.43. The highest BCUT2D eigenvalue weighted by atomic mass is 19.4. The zero-order valence-electron chi connectivity index (χ0n) is 14.1. The smallest absolute Gasteiger partial charge is 0.454 e. The van der Waals surface area contributed by atoms with Crippen molar-refractivity contribution in [1.82, 2.24) is 0 Å². The monoisotopic (exact) mass is 363 g/mol. The van der Waals surface area contributed by atoms with Crippen LogP contribution in [0.15, 0.2) is 48.0 Å². The Labute approximate surface area is 148 Å². The van der Waals surface area contributed by atoms with Crippen LogP contribution in [0.4, 0.5) is 24.5 Å². The minimum Gasteiger partial charge on any atom is -0.507 e. The van der Waals surface area contributed by atoms with E-state index in [-0.39, 0.29) is 12.1 Å². The van der Waals surface area contributed by atoms with Crippen LogP contribution in [0, 0.1) is 6.92 Å². The van der Waals surface area contributed by atoms with E-state index in [0.717, 1.165) is 0 Å². The van der Waals surface area contributed by atoms with E-state index in [1.807, 2.05) is 0 Å². The van der Waals surface area contributed by atoms with Crippen molar-refractivity contribution in [3.05, 3.63) is 59.2 Å². The zero-order chi connectivity index (χ0) is 19.1. The van der Waals surface area contributed by atoms with Gasteiger partial charge in [-0.25, -0.2) is 0 Å². The number of rotatable bonds is 3. The van der Waals surface area contributed by atoms with Crippen LogP contribution in [0.25, 0.3) is 5.76 Å². The Morgan fingerprint density at radius 2 is 1.85 bits per heavy atom. The summed E-state index contributed by atoms with van der Waals surface area (Å²) in [6.07, 6.45) is -5.07. The van der Waals surface area contributed by atoms with Gasteiger partial charge in [-0.2, -0.15) is 13.2 Å². The van der Waals surface area contributed by atoms with Gasteiger partial charge in [0.2, 0.25) is 0 Å². The Bertz CT molecular complexity index is 889. The number of hydrogen-bond acceptors (Lipinski definition) is 4. The second kappa shape index (κ2) is 6.40. The van der Waals surface area contributed by atoms with E-state index in [1.54, 1.807) is 48.2 Å². The number of benzene rings is 2. The van der Waals surface area contributed by atoms with Crippen LogP contribution in [-0.4, -0.2) is 30.7 Å². The fourth-order valence-corrected chi connectivity index (χ4v) is 3.06. The van der Waals surface area contributed by atoms with E-state index in [0.29, 0.717) is 22.7 Å². The third-order valence-corrected chi connectivity index (χ3v) is 4.24. The zero-order valence-corrected chi connectivity index (χ0v) is 14.1. The van der Waals surface area contributed by atoms with Crippen LogP contribution in [-0.2, 0) is 4.79 Å². The number of aliphatic hydroxyl groups excluding tert-OH is 1. The molecule has 1 aliphatic heterocycles. The first-order chi connectivity index (χ1) is 12.2. The molecule has 0 atom stereocenters. The lowest BCUT2D eigenvalue weighted by Crippen LogP contribution is -2.35. The number of ketones is 1. The number of methoxy groups -OCH3 is 1. The molecule has 26 heavy (non-hydrogen) atoms. The molecule has 3 rings (SSSR count). The molecule has 0 saturated heterocycles. The maximum absolute atomic E-state index is 13.0. The molecule has 0 radical (unpaired) electrons. The molecule has 1 heterocycles. The summed E-state index contributed by atoms with van der Waals surface area (Å²) in [6, 6.07) is 11.9. The number of para-hydroxylation sites is 1. The molecule has 0 saturated carbocycles. The van der Waals surface area contributed by atoms with Crippen molar-refractivity contribution < 1.29 is 27.8 Å². The number of nitrogens with zero attached hydrogens (tertiary/aromatic N) is 1. The average molecular weight is 363 g/mol. The number of hydrogen-bond donors (Lipinski definition) is 1. The summed E-state index contributed by atoms with van der Waals surface area (Å²) in [4.78, 5) is 13.4. The number of carbonyl (C=O) groups is 1. The van der Waals surface area contributed by atoms with Crippen molar-refractivity contribution in [2.75, 3.05) is 18.6 Å². The van der Waals surface area contributed by atoms with Crippen LogP contribution in [0.2, 0.25) is 0 Å². The Kier molecular flexibility index (Phi) is 4.39. The van der Waals surface area contributed by atoms with Crippen LogP contribution in [0.1, 0.15) is 11.1 Å². The van der Waals surface area contributed by atoms with Gasteiger partial charge in [0.1, 0.15) is 11.5 Å². The highest BCUT2D eigenvalue weighted by molar-refractivity contribution is 6.08. The van der Waals surface area contributed by atoms with E-state index < -0.39 is 23.3 Å². The summed E-state index contributed by atoms with van der Waals surface area (Å²) < 4.78 is 44.2. The lowest BCUT2D eigenvalue weighted by Gasteiger charge is -2.34. The maximum atomic E-state index is 13.0. The van der Waals surface area contributed by atoms with Gasteiger partial charge in [-0.15, -0.1) is 0 Å². The van der Waals surface area contributed by atoms with Gasteiger partial charge < -0.3 is 14.7 Å². The number of Topliss-reactive ketones (excluding diaryl/α,β-unsaturated/α-hetero) is 1. The normalized spacial score (nSPS) is 14.3. The molecule has 2 aromatic carbocycles. The number of fused-ring (bicyclic) bond motifs is 1. The van der Waals surface area contributed by atoms with Crippen LogP contribution < -0.4 is 9.64 Å². The Balaban J connectivity index is 2.26. The van der Waals surface area contributed by atoms with E-state index in [9.17, 15) is 23.1 Å². The largest absolute Gasteiger partial charge is 0.507 e. The van der Waals surface area contributed by atoms with E-state index in [4.69, 9.17) is 4.74 Å². The molecule has 2 aromatic rings. The second-order valence-electron chi connectivity index (χ2n) is 5.92. The van der Waals surface area contributed by atoms with Crippen LogP contribution >= 0.6 is 0 Å². The van der Waals surface area contributed by atoms with Crippen LogP contribution in [0.5, 0.6) is 5.75 Å². The van der Waals surface area contributed by atoms with Gasteiger partial charge in [0.05, 0.1) is 24.9 Å². The summed E-state index contributed by atoms with van der Waals surface area (Å²) in [5.74, 6) is -2.35. The number of halogens is 3. The molecule has 0 spiro atoms. The average Bonchev–Trinajstić information content (AvgIpc) is 2.61. The fourth-order valence-electron chi connectivity index (χ4n) is 3.06. The predicted octanol–water partition coefficient (Wildman–Crippen LogP) is 4.56. The lowest BCUT2D eigenvalue weighted by molar-refractivity contribution is -0.166. The molecule has 7 heteroatoms. The number of anilines is 2. The first kappa shape index (κ1) is 17.8. The molecule has 0 amide bonds. The minimum atomic E-state index is -5.07. The van der Waals surface area contributed by atoms with Gasteiger partial charge >= 0.3 is 6.18 Å². The molecule has 1 aliphatic rings. The Morgan fingerprint density at radius 3 is 2.42 bits per heavy atom. The number of aliphatic hydroxyl groups is 1.